The van der Waals surface area contributed by atoms with Gasteiger partial charge in [0.1, 0.15) is 0 Å². The molecule has 0 aliphatic heterocycles. The van der Waals surface area contributed by atoms with Crippen molar-refractivity contribution in [1.82, 2.24) is 0 Å². The third-order valence-electron chi connectivity index (χ3n) is 3.19. The maximum Gasteiger partial charge on any atom is 0.0705 e. The van der Waals surface area contributed by atoms with Gasteiger partial charge in [-0.1, -0.05) is 38.3 Å². The zero-order valence-electron chi connectivity index (χ0n) is 11.8. The Morgan fingerprint density at radius 2 is 1.85 bits per heavy atom. The molecule has 1 heterocycles. The lowest BCUT2D eigenvalue weighted by Crippen LogP contribution is -1.85. The van der Waals surface area contributed by atoms with Crippen LogP contribution < -0.4 is 0 Å². The minimum atomic E-state index is 1.02. The molecule has 106 valence electrons. The molecule has 3 heteroatoms. The van der Waals surface area contributed by atoms with Gasteiger partial charge in [-0.3, -0.25) is 4.99 Å². The van der Waals surface area contributed by atoms with Gasteiger partial charge < -0.3 is 0 Å². The van der Waals surface area contributed by atoms with Gasteiger partial charge in [-0.05, 0) is 58.6 Å². The Labute approximate surface area is 133 Å². The average Bonchev–Trinajstić information content (AvgIpc) is 2.88. The van der Waals surface area contributed by atoms with E-state index in [0.29, 0.717) is 0 Å². The van der Waals surface area contributed by atoms with Gasteiger partial charge in [0.2, 0.25) is 0 Å². The Bertz CT molecular complexity index is 542. The SMILES string of the molecule is CCCCCCc1ccc(N=Cc2ccc(Br)s2)cc1. The fraction of sp³-hybridized carbons (Fsp3) is 0.353. The molecule has 1 aromatic heterocycles. The molecule has 0 atom stereocenters. The third-order valence-corrected chi connectivity index (χ3v) is 4.75. The summed E-state index contributed by atoms with van der Waals surface area (Å²) in [6, 6.07) is 12.7. The molecule has 0 bridgehead atoms. The van der Waals surface area contributed by atoms with Crippen molar-refractivity contribution in [3.63, 3.8) is 0 Å². The summed E-state index contributed by atoms with van der Waals surface area (Å²) in [6.45, 7) is 2.25. The summed E-state index contributed by atoms with van der Waals surface area (Å²) in [5.41, 5.74) is 2.44. The molecule has 0 amide bonds. The number of hydrogen-bond acceptors (Lipinski definition) is 2. The van der Waals surface area contributed by atoms with Crippen molar-refractivity contribution in [3.8, 4) is 0 Å². The van der Waals surface area contributed by atoms with Crippen LogP contribution in [-0.2, 0) is 6.42 Å². The molecule has 2 aromatic rings. The van der Waals surface area contributed by atoms with E-state index in [2.05, 4.69) is 58.2 Å². The highest BCUT2D eigenvalue weighted by Crippen LogP contribution is 2.21. The molecule has 0 fully saturated rings. The number of thiophene rings is 1. The zero-order valence-corrected chi connectivity index (χ0v) is 14.2. The molecule has 20 heavy (non-hydrogen) atoms. The quantitative estimate of drug-likeness (QED) is 0.406. The Hall–Kier alpha value is -0.930. The van der Waals surface area contributed by atoms with Crippen LogP contribution in [0.2, 0.25) is 0 Å². The third kappa shape index (κ3) is 5.22. The number of benzene rings is 1. The van der Waals surface area contributed by atoms with Crippen molar-refractivity contribution in [3.05, 3.63) is 50.6 Å². The fourth-order valence-corrected chi connectivity index (χ4v) is 3.34. The van der Waals surface area contributed by atoms with E-state index in [-0.39, 0.29) is 0 Å². The van der Waals surface area contributed by atoms with Crippen LogP contribution in [-0.4, -0.2) is 6.21 Å². The lowest BCUT2D eigenvalue weighted by molar-refractivity contribution is 0.667. The first-order valence-corrected chi connectivity index (χ1v) is 8.77. The van der Waals surface area contributed by atoms with E-state index in [0.717, 1.165) is 9.47 Å². The van der Waals surface area contributed by atoms with Gasteiger partial charge in [0, 0.05) is 11.1 Å². The minimum absolute atomic E-state index is 1.02. The molecule has 1 nitrogen and oxygen atoms in total. The molecule has 0 spiro atoms. The Morgan fingerprint density at radius 1 is 1.05 bits per heavy atom. The zero-order chi connectivity index (χ0) is 14.2. The maximum absolute atomic E-state index is 4.51. The summed E-state index contributed by atoms with van der Waals surface area (Å²) < 4.78 is 1.14. The molecule has 0 aliphatic carbocycles. The van der Waals surface area contributed by atoms with Crippen LogP contribution in [0, 0.1) is 0 Å². The molecule has 1 aromatic carbocycles. The average molecular weight is 350 g/mol. The monoisotopic (exact) mass is 349 g/mol. The second kappa shape index (κ2) is 8.38. The van der Waals surface area contributed by atoms with Crippen LogP contribution in [0.4, 0.5) is 5.69 Å². The van der Waals surface area contributed by atoms with Crippen LogP contribution >= 0.6 is 27.3 Å². The molecule has 0 N–H and O–H groups in total. The molecule has 0 saturated carbocycles. The molecule has 0 unspecified atom stereocenters. The number of aryl methyl sites for hydroxylation is 1. The minimum Gasteiger partial charge on any atom is -0.255 e. The van der Waals surface area contributed by atoms with Gasteiger partial charge in [0.15, 0.2) is 0 Å². The molecule has 0 radical (unpaired) electrons. The van der Waals surface area contributed by atoms with Gasteiger partial charge in [-0.2, -0.15) is 0 Å². The topological polar surface area (TPSA) is 12.4 Å². The first kappa shape index (κ1) is 15.5. The summed E-state index contributed by atoms with van der Waals surface area (Å²) >= 11 is 5.15. The summed E-state index contributed by atoms with van der Waals surface area (Å²) in [5.74, 6) is 0. The van der Waals surface area contributed by atoms with E-state index in [1.807, 2.05) is 12.3 Å². The van der Waals surface area contributed by atoms with E-state index in [1.165, 1.54) is 42.5 Å². The van der Waals surface area contributed by atoms with Crippen LogP contribution in [0.25, 0.3) is 0 Å². The van der Waals surface area contributed by atoms with Gasteiger partial charge >= 0.3 is 0 Å². The predicted octanol–water partition coefficient (Wildman–Crippen LogP) is 6.38. The van der Waals surface area contributed by atoms with Crippen molar-refractivity contribution in [2.75, 3.05) is 0 Å². The smallest absolute Gasteiger partial charge is 0.0705 e. The normalized spacial score (nSPS) is 11.3. The van der Waals surface area contributed by atoms with Crippen molar-refractivity contribution >= 4 is 39.2 Å². The van der Waals surface area contributed by atoms with Crippen molar-refractivity contribution < 1.29 is 0 Å². The second-order valence-electron chi connectivity index (χ2n) is 4.88. The molecular weight excluding hydrogens is 330 g/mol. The van der Waals surface area contributed by atoms with Crippen LogP contribution in [0.3, 0.4) is 0 Å². The first-order chi connectivity index (χ1) is 9.78. The largest absolute Gasteiger partial charge is 0.255 e. The number of rotatable bonds is 7. The molecule has 0 saturated heterocycles. The van der Waals surface area contributed by atoms with Crippen molar-refractivity contribution in [2.24, 2.45) is 4.99 Å². The second-order valence-corrected chi connectivity index (χ2v) is 7.37. The number of nitrogens with zero attached hydrogens (tertiary/aromatic N) is 1. The summed E-state index contributed by atoms with van der Waals surface area (Å²) in [6.07, 6.45) is 8.38. The summed E-state index contributed by atoms with van der Waals surface area (Å²) in [7, 11) is 0. The number of halogens is 1. The van der Waals surface area contributed by atoms with E-state index < -0.39 is 0 Å². The Kier molecular flexibility index (Phi) is 6.48. The Balaban J connectivity index is 1.86. The summed E-state index contributed by atoms with van der Waals surface area (Å²) in [5, 5.41) is 0. The highest BCUT2D eigenvalue weighted by Gasteiger charge is 1.96. The molecule has 0 aliphatic rings. The van der Waals surface area contributed by atoms with Crippen molar-refractivity contribution in [2.45, 2.75) is 39.0 Å². The number of aliphatic imine (C=N–C) groups is 1. The van der Waals surface area contributed by atoms with Gasteiger partial charge in [-0.15, -0.1) is 11.3 Å². The first-order valence-electron chi connectivity index (χ1n) is 7.16. The fourth-order valence-electron chi connectivity index (χ4n) is 2.04. The van der Waals surface area contributed by atoms with E-state index in [4.69, 9.17) is 0 Å². The number of hydrogen-bond donors (Lipinski definition) is 0. The van der Waals surface area contributed by atoms with Crippen molar-refractivity contribution in [1.29, 1.82) is 0 Å². The predicted molar refractivity (Wildman–Crippen MR) is 93.6 cm³/mol. The van der Waals surface area contributed by atoms with Gasteiger partial charge in [0.05, 0.1) is 9.47 Å². The van der Waals surface area contributed by atoms with Crippen LogP contribution in [0.5, 0.6) is 0 Å². The van der Waals surface area contributed by atoms with E-state index in [9.17, 15) is 0 Å². The van der Waals surface area contributed by atoms with Gasteiger partial charge in [-0.25, -0.2) is 0 Å². The van der Waals surface area contributed by atoms with E-state index >= 15 is 0 Å². The lowest BCUT2D eigenvalue weighted by atomic mass is 10.1. The maximum atomic E-state index is 4.51. The lowest BCUT2D eigenvalue weighted by Gasteiger charge is -2.01. The Morgan fingerprint density at radius 3 is 2.50 bits per heavy atom. The van der Waals surface area contributed by atoms with Gasteiger partial charge in [0.25, 0.3) is 0 Å². The highest BCUT2D eigenvalue weighted by molar-refractivity contribution is 9.11. The highest BCUT2D eigenvalue weighted by atomic mass is 79.9. The standard InChI is InChI=1S/C17H20BrNS/c1-2-3-4-5-6-14-7-9-15(10-8-14)19-13-16-11-12-17(18)20-16/h7-13H,2-6H2,1H3. The number of unbranched alkanes of at least 4 members (excludes halogenated alkanes) is 3. The summed E-state index contributed by atoms with van der Waals surface area (Å²) in [4.78, 5) is 5.67. The molecular formula is C17H20BrNS. The van der Waals surface area contributed by atoms with Crippen LogP contribution in [0.1, 0.15) is 43.0 Å². The molecule has 2 rings (SSSR count). The van der Waals surface area contributed by atoms with E-state index in [1.54, 1.807) is 11.3 Å². The van der Waals surface area contributed by atoms with Crippen LogP contribution in [0.15, 0.2) is 45.2 Å².